The summed E-state index contributed by atoms with van der Waals surface area (Å²) >= 11 is 0. The molecule has 1 heterocycles. The number of allylic oxidation sites excluding steroid dienone is 17. The Bertz CT molecular complexity index is 1660. The Morgan fingerprint density at radius 3 is 1.36 bits per heavy atom. The first kappa shape index (κ1) is 71.3. The second kappa shape index (κ2) is 53.0. The Labute approximate surface area is 468 Å². The van der Waals surface area contributed by atoms with Gasteiger partial charge in [0.05, 0.1) is 25.4 Å². The fourth-order valence-electron chi connectivity index (χ4n) is 8.74. The molecule has 0 aromatic rings. The minimum Gasteiger partial charge on any atom is -0.454 e. The monoisotopic (exact) mass is 1080 g/mol. The number of carbonyl (C=O) groups is 2. The Hall–Kier alpha value is -3.68. The van der Waals surface area contributed by atoms with E-state index in [9.17, 15) is 35.1 Å². The second-order valence-electron chi connectivity index (χ2n) is 20.7. The van der Waals surface area contributed by atoms with Crippen molar-refractivity contribution in [3.63, 3.8) is 0 Å². The molecule has 1 amide bonds. The molecule has 8 unspecified atom stereocenters. The highest BCUT2D eigenvalue weighted by molar-refractivity contribution is 5.80. The summed E-state index contributed by atoms with van der Waals surface area (Å²) in [5.41, 5.74) is 0. The smallest absolute Gasteiger partial charge is 0.306 e. The molecule has 0 aromatic heterocycles. The Morgan fingerprint density at radius 1 is 0.506 bits per heavy atom. The van der Waals surface area contributed by atoms with Crippen LogP contribution >= 0.6 is 0 Å². The fourth-order valence-corrected chi connectivity index (χ4v) is 8.74. The van der Waals surface area contributed by atoms with Gasteiger partial charge in [-0.05, 0) is 109 Å². The van der Waals surface area contributed by atoms with Crippen molar-refractivity contribution in [2.24, 2.45) is 0 Å². The van der Waals surface area contributed by atoms with Crippen LogP contribution in [0.2, 0.25) is 0 Å². The number of aliphatic hydroxyl groups excluding tert-OH is 5. The van der Waals surface area contributed by atoms with E-state index in [0.717, 1.165) is 96.3 Å². The van der Waals surface area contributed by atoms with Gasteiger partial charge < -0.3 is 45.1 Å². The van der Waals surface area contributed by atoms with Crippen LogP contribution in [-0.4, -0.2) is 99.6 Å². The van der Waals surface area contributed by atoms with E-state index in [1.54, 1.807) is 6.08 Å². The van der Waals surface area contributed by atoms with Gasteiger partial charge in [-0.1, -0.05) is 226 Å². The lowest BCUT2D eigenvalue weighted by atomic mass is 9.99. The molecule has 0 aromatic carbocycles. The van der Waals surface area contributed by atoms with Gasteiger partial charge in [-0.2, -0.15) is 0 Å². The maximum atomic E-state index is 13.4. The maximum Gasteiger partial charge on any atom is 0.306 e. The second-order valence-corrected chi connectivity index (χ2v) is 20.7. The van der Waals surface area contributed by atoms with Gasteiger partial charge in [0, 0.05) is 6.42 Å². The summed E-state index contributed by atoms with van der Waals surface area (Å²) in [5.74, 6) is -1.28. The Kier molecular flexibility index (Phi) is 49.1. The molecule has 0 aliphatic carbocycles. The normalized spacial score (nSPS) is 19.8. The van der Waals surface area contributed by atoms with E-state index in [0.29, 0.717) is 19.3 Å². The number of hydrogen-bond donors (Lipinski definition) is 6. The van der Waals surface area contributed by atoms with Crippen LogP contribution in [-0.2, 0) is 23.8 Å². The molecule has 1 saturated heterocycles. The van der Waals surface area contributed by atoms with Gasteiger partial charge in [-0.25, -0.2) is 0 Å². The Morgan fingerprint density at radius 2 is 0.896 bits per heavy atom. The third kappa shape index (κ3) is 41.1. The van der Waals surface area contributed by atoms with Crippen molar-refractivity contribution in [1.29, 1.82) is 0 Å². The van der Waals surface area contributed by atoms with Gasteiger partial charge in [0.25, 0.3) is 0 Å². The molecule has 1 fully saturated rings. The molecule has 1 rings (SSSR count). The molecule has 0 bridgehead atoms. The maximum absolute atomic E-state index is 13.4. The molecule has 440 valence electrons. The average molecular weight is 1080 g/mol. The van der Waals surface area contributed by atoms with Gasteiger partial charge in [-0.3, -0.25) is 9.59 Å². The van der Waals surface area contributed by atoms with Crippen molar-refractivity contribution in [2.75, 3.05) is 13.2 Å². The van der Waals surface area contributed by atoms with Gasteiger partial charge >= 0.3 is 5.97 Å². The predicted octanol–water partition coefficient (Wildman–Crippen LogP) is 14.5. The van der Waals surface area contributed by atoms with Crippen LogP contribution < -0.4 is 5.32 Å². The predicted molar refractivity (Wildman–Crippen MR) is 319 cm³/mol. The molecule has 11 heteroatoms. The number of hydrogen-bond acceptors (Lipinski definition) is 10. The molecule has 1 aliphatic heterocycles. The van der Waals surface area contributed by atoms with E-state index in [2.05, 4.69) is 111 Å². The zero-order valence-corrected chi connectivity index (χ0v) is 48.5. The summed E-state index contributed by atoms with van der Waals surface area (Å²) in [4.78, 5) is 26.5. The summed E-state index contributed by atoms with van der Waals surface area (Å²) < 4.78 is 17.5. The number of unbranched alkanes of at least 4 members (excludes halogenated alkanes) is 20. The lowest BCUT2D eigenvalue weighted by Crippen LogP contribution is -2.61. The number of aliphatic hydroxyl groups is 5. The molecular weight excluding hydrogens is 967 g/mol. The highest BCUT2D eigenvalue weighted by Gasteiger charge is 2.47. The van der Waals surface area contributed by atoms with Crippen molar-refractivity contribution in [2.45, 2.75) is 282 Å². The quantitative estimate of drug-likeness (QED) is 0.0195. The van der Waals surface area contributed by atoms with E-state index >= 15 is 0 Å². The molecule has 1 aliphatic rings. The summed E-state index contributed by atoms with van der Waals surface area (Å²) in [7, 11) is 0. The van der Waals surface area contributed by atoms with E-state index in [1.807, 2.05) is 18.2 Å². The van der Waals surface area contributed by atoms with Crippen LogP contribution in [0, 0.1) is 0 Å². The first-order chi connectivity index (χ1) is 37.7. The van der Waals surface area contributed by atoms with E-state index in [-0.39, 0.29) is 19.4 Å². The van der Waals surface area contributed by atoms with Crippen LogP contribution in [0.15, 0.2) is 109 Å². The van der Waals surface area contributed by atoms with Gasteiger partial charge in [0.15, 0.2) is 12.4 Å². The zero-order chi connectivity index (χ0) is 56.1. The Balaban J connectivity index is 2.73. The van der Waals surface area contributed by atoms with Crippen molar-refractivity contribution < 1.29 is 49.3 Å². The molecule has 11 nitrogen and oxygen atoms in total. The van der Waals surface area contributed by atoms with E-state index in [1.165, 1.54) is 83.5 Å². The minimum atomic E-state index is -1.65. The van der Waals surface area contributed by atoms with Gasteiger partial charge in [0.2, 0.25) is 5.91 Å². The van der Waals surface area contributed by atoms with Crippen LogP contribution in [0.25, 0.3) is 0 Å². The third-order valence-corrected chi connectivity index (χ3v) is 13.6. The molecule has 0 spiro atoms. The fraction of sp³-hybridized carbons (Fsp3) is 0.697. The number of rotatable bonds is 50. The summed E-state index contributed by atoms with van der Waals surface area (Å²) in [5, 5.41) is 56.9. The number of carbonyl (C=O) groups excluding carboxylic acids is 2. The average Bonchev–Trinajstić information content (AvgIpc) is 3.43. The van der Waals surface area contributed by atoms with Gasteiger partial charge in [0.1, 0.15) is 24.4 Å². The number of esters is 1. The van der Waals surface area contributed by atoms with Crippen LogP contribution in [0.4, 0.5) is 0 Å². The summed E-state index contributed by atoms with van der Waals surface area (Å²) in [6.45, 7) is 5.67. The number of amides is 1. The van der Waals surface area contributed by atoms with Crippen molar-refractivity contribution in [3.8, 4) is 0 Å². The molecule has 77 heavy (non-hydrogen) atoms. The molecule has 6 N–H and O–H groups in total. The topological polar surface area (TPSA) is 175 Å². The van der Waals surface area contributed by atoms with E-state index in [4.69, 9.17) is 14.2 Å². The standard InChI is InChI=1S/C66H111NO10/c1-4-7-10-13-16-19-22-24-26-28-29-30-32-33-35-38-41-44-47-50-53-59(70)65(74)67-57(58(69)52-49-46-43-40-37-21-18-15-12-9-6-3)56-75-66-64(63(73)62(72)60(55-68)76-66)77-61(71)54-51-48-45-42-39-36-34-31-27-25-23-20-17-14-11-8-5-2/h16-17,19-20,24-27,29-30,33-36,42,45,49,52,57-60,62-64,66,68-70,72-73H,4-15,18,21-23,28,31-32,37-41,43-44,46-48,50-51,53-56H2,1-3H3,(H,67,74)/b19-16-,20-17-,26-24-,27-25-,30-29-,35-33-,36-34-,45-42-,52-49+. The SMILES string of the molecule is CCCCC/C=C\C/C=C\C/C=C\C/C=C\CCCCCCC(O)C(=O)NC(COC1OC(CO)C(O)C(O)C1OC(=O)CCC/C=C\C/C=C\C/C=C\C/C=C\CCCCC)C(O)/C=C/CCCCCCCCCCC. The number of ether oxygens (including phenoxy) is 3. The zero-order valence-electron chi connectivity index (χ0n) is 48.5. The van der Waals surface area contributed by atoms with Crippen molar-refractivity contribution in [3.05, 3.63) is 109 Å². The molecular formula is C66H111NO10. The summed E-state index contributed by atoms with van der Waals surface area (Å²) in [6.07, 6.45) is 61.3. The minimum absolute atomic E-state index is 0.0396. The highest BCUT2D eigenvalue weighted by atomic mass is 16.7. The number of nitrogens with one attached hydrogen (secondary N) is 1. The van der Waals surface area contributed by atoms with Gasteiger partial charge in [-0.15, -0.1) is 0 Å². The first-order valence-corrected chi connectivity index (χ1v) is 30.7. The van der Waals surface area contributed by atoms with Crippen molar-refractivity contribution in [1.82, 2.24) is 5.32 Å². The lowest BCUT2D eigenvalue weighted by molar-refractivity contribution is -0.305. The lowest BCUT2D eigenvalue weighted by Gasteiger charge is -2.41. The first-order valence-electron chi connectivity index (χ1n) is 30.7. The molecule has 0 radical (unpaired) electrons. The molecule has 0 saturated carbocycles. The van der Waals surface area contributed by atoms with Crippen LogP contribution in [0.3, 0.4) is 0 Å². The molecule has 8 atom stereocenters. The van der Waals surface area contributed by atoms with Crippen LogP contribution in [0.1, 0.15) is 233 Å². The van der Waals surface area contributed by atoms with Crippen LogP contribution in [0.5, 0.6) is 0 Å². The largest absolute Gasteiger partial charge is 0.454 e. The highest BCUT2D eigenvalue weighted by Crippen LogP contribution is 2.26. The third-order valence-electron chi connectivity index (χ3n) is 13.6. The van der Waals surface area contributed by atoms with E-state index < -0.39 is 67.4 Å². The van der Waals surface area contributed by atoms with Crippen molar-refractivity contribution >= 4 is 11.9 Å². The summed E-state index contributed by atoms with van der Waals surface area (Å²) in [6, 6.07) is -1.05.